The predicted octanol–water partition coefficient (Wildman–Crippen LogP) is 6.95. The Labute approximate surface area is 299 Å². The number of nitrogens with zero attached hydrogens (tertiary/aromatic N) is 5. The molecule has 0 radical (unpaired) electrons. The predicted molar refractivity (Wildman–Crippen MR) is 200 cm³/mol. The van der Waals surface area contributed by atoms with Gasteiger partial charge in [-0.1, -0.05) is 30.3 Å². The lowest BCUT2D eigenvalue weighted by Crippen LogP contribution is -2.42. The van der Waals surface area contributed by atoms with Crippen LogP contribution in [0.4, 0.5) is 10.3 Å². The first-order chi connectivity index (χ1) is 24.8. The number of likely N-dealkylation sites (tertiary alicyclic amines) is 2. The number of aliphatic imine (C=N–C) groups is 1. The molecule has 0 bridgehead atoms. The van der Waals surface area contributed by atoms with Crippen LogP contribution in [0, 0.1) is 5.82 Å². The molecule has 0 spiro atoms. The van der Waals surface area contributed by atoms with Gasteiger partial charge < -0.3 is 33.9 Å². The number of carbonyl (C=O) groups excluding carboxylic acids is 1. The van der Waals surface area contributed by atoms with Crippen molar-refractivity contribution >= 4 is 28.6 Å². The second-order valence-electron chi connectivity index (χ2n) is 13.5. The molecule has 3 heterocycles. The van der Waals surface area contributed by atoms with Gasteiger partial charge in [-0.2, -0.15) is 0 Å². The maximum absolute atomic E-state index is 14.1. The molecule has 6 rings (SSSR count). The lowest BCUT2D eigenvalue weighted by molar-refractivity contribution is 0.0779. The number of halogens is 1. The normalized spacial score (nSPS) is 18.9. The fourth-order valence-electron chi connectivity index (χ4n) is 7.49. The summed E-state index contributed by atoms with van der Waals surface area (Å²) in [5, 5.41) is 3.76. The maximum Gasteiger partial charge on any atom is 0.254 e. The van der Waals surface area contributed by atoms with E-state index < -0.39 is 0 Å². The number of rotatable bonds is 13. The van der Waals surface area contributed by atoms with Gasteiger partial charge in [0.05, 0.1) is 38.9 Å². The molecule has 0 aliphatic carbocycles. The molecule has 0 saturated carbocycles. The quantitative estimate of drug-likeness (QED) is 0.151. The van der Waals surface area contributed by atoms with Crippen LogP contribution in [-0.4, -0.2) is 91.1 Å². The Kier molecular flexibility index (Phi) is 11.2. The molecule has 1 atom stereocenters. The number of ether oxygens (including phenoxy) is 3. The third kappa shape index (κ3) is 7.88. The van der Waals surface area contributed by atoms with E-state index in [9.17, 15) is 9.18 Å². The van der Waals surface area contributed by atoms with Gasteiger partial charge in [0.2, 0.25) is 11.7 Å². The molecule has 1 aromatic heterocycles. The zero-order valence-electron chi connectivity index (χ0n) is 30.3. The van der Waals surface area contributed by atoms with Crippen LogP contribution in [0.3, 0.4) is 0 Å². The average molecular weight is 697 g/mol. The molecular weight excluding hydrogens is 647 g/mol. The van der Waals surface area contributed by atoms with Crippen molar-refractivity contribution in [3.05, 3.63) is 89.9 Å². The van der Waals surface area contributed by atoms with E-state index in [1.54, 1.807) is 33.5 Å². The largest absolute Gasteiger partial charge is 0.493 e. The first-order valence-corrected chi connectivity index (χ1v) is 17.7. The number of imidazole rings is 1. The van der Waals surface area contributed by atoms with Crippen molar-refractivity contribution in [3.63, 3.8) is 0 Å². The minimum atomic E-state index is -0.295. The van der Waals surface area contributed by atoms with Gasteiger partial charge in [-0.15, -0.1) is 0 Å². The number of allylic oxidation sites excluding steroid dienone is 1. The molecule has 2 aliphatic rings. The molecule has 11 heteroatoms. The molecule has 3 aromatic carbocycles. The number of piperidine rings is 1. The monoisotopic (exact) mass is 696 g/mol. The molecule has 4 aromatic rings. The highest BCUT2D eigenvalue weighted by Gasteiger charge is 2.42. The summed E-state index contributed by atoms with van der Waals surface area (Å²) in [6.07, 6.45) is 7.39. The van der Waals surface area contributed by atoms with Crippen molar-refractivity contribution in [2.45, 2.75) is 57.5 Å². The highest BCUT2D eigenvalue weighted by molar-refractivity contribution is 5.96. The molecule has 2 fully saturated rings. The number of benzene rings is 3. The number of fused-ring (bicyclic) bond motifs is 1. The van der Waals surface area contributed by atoms with Crippen LogP contribution in [0.1, 0.15) is 55.5 Å². The zero-order chi connectivity index (χ0) is 36.0. The van der Waals surface area contributed by atoms with Gasteiger partial charge in [-0.05, 0) is 88.0 Å². The SMILES string of the molecule is C/C=C\N=C(C)Cn1c(NC2CCN(CCC3(c4ccc(F)cc4)CCN(C(=O)c4cc(OC)c(OC)c(OC)c4)C3)CC2)nc2ccccc21. The summed E-state index contributed by atoms with van der Waals surface area (Å²) in [5.74, 6) is 1.84. The first-order valence-electron chi connectivity index (χ1n) is 17.7. The lowest BCUT2D eigenvalue weighted by Gasteiger charge is -2.36. The zero-order valence-corrected chi connectivity index (χ0v) is 30.3. The Morgan fingerprint density at radius 3 is 2.39 bits per heavy atom. The number of hydrogen-bond donors (Lipinski definition) is 1. The second-order valence-corrected chi connectivity index (χ2v) is 13.5. The number of nitrogens with one attached hydrogen (secondary N) is 1. The number of amides is 1. The highest BCUT2D eigenvalue weighted by Crippen LogP contribution is 2.41. The Balaban J connectivity index is 1.13. The van der Waals surface area contributed by atoms with E-state index in [0.29, 0.717) is 48.5 Å². The summed E-state index contributed by atoms with van der Waals surface area (Å²) in [4.78, 5) is 27.8. The smallest absolute Gasteiger partial charge is 0.254 e. The van der Waals surface area contributed by atoms with Crippen LogP contribution in [0.5, 0.6) is 17.2 Å². The van der Waals surface area contributed by atoms with Crippen molar-refractivity contribution in [3.8, 4) is 17.2 Å². The molecule has 270 valence electrons. The summed E-state index contributed by atoms with van der Waals surface area (Å²) in [6.45, 7) is 8.60. The van der Waals surface area contributed by atoms with Gasteiger partial charge in [-0.25, -0.2) is 9.37 Å². The summed E-state index contributed by atoms with van der Waals surface area (Å²) in [6, 6.07) is 18.8. The van der Waals surface area contributed by atoms with Crippen LogP contribution < -0.4 is 19.5 Å². The Bertz CT molecular complexity index is 1860. The molecule has 1 N–H and O–H groups in total. The van der Waals surface area contributed by atoms with E-state index in [1.807, 2.05) is 55.3 Å². The number of para-hydroxylation sites is 2. The van der Waals surface area contributed by atoms with Crippen LogP contribution >= 0.6 is 0 Å². The van der Waals surface area contributed by atoms with Crippen molar-refractivity contribution in [2.24, 2.45) is 4.99 Å². The number of aromatic nitrogens is 2. The summed E-state index contributed by atoms with van der Waals surface area (Å²) < 4.78 is 32.8. The van der Waals surface area contributed by atoms with Crippen molar-refractivity contribution in [2.75, 3.05) is 59.4 Å². The van der Waals surface area contributed by atoms with E-state index in [0.717, 1.165) is 73.6 Å². The van der Waals surface area contributed by atoms with Crippen LogP contribution in [0.2, 0.25) is 0 Å². The fraction of sp³-hybridized carbons (Fsp3) is 0.425. The van der Waals surface area contributed by atoms with Gasteiger partial charge in [0.25, 0.3) is 5.91 Å². The molecule has 1 amide bonds. The van der Waals surface area contributed by atoms with Crippen LogP contribution in [-0.2, 0) is 12.0 Å². The van der Waals surface area contributed by atoms with Gasteiger partial charge in [-0.3, -0.25) is 9.79 Å². The third-order valence-corrected chi connectivity index (χ3v) is 10.3. The summed E-state index contributed by atoms with van der Waals surface area (Å²) in [5.41, 5.74) is 4.32. The van der Waals surface area contributed by atoms with E-state index in [2.05, 4.69) is 31.9 Å². The molecule has 1 unspecified atom stereocenters. The average Bonchev–Trinajstić information content (AvgIpc) is 3.75. The molecular formula is C40H49FN6O4. The van der Waals surface area contributed by atoms with Gasteiger partial charge in [0.15, 0.2) is 11.5 Å². The number of anilines is 1. The van der Waals surface area contributed by atoms with Crippen molar-refractivity contribution in [1.82, 2.24) is 19.4 Å². The lowest BCUT2D eigenvalue weighted by atomic mass is 9.76. The van der Waals surface area contributed by atoms with E-state index >= 15 is 0 Å². The third-order valence-electron chi connectivity index (χ3n) is 10.3. The Hall–Kier alpha value is -4.90. The minimum absolute atomic E-state index is 0.0977. The second kappa shape index (κ2) is 16.0. The minimum Gasteiger partial charge on any atom is -0.493 e. The summed E-state index contributed by atoms with van der Waals surface area (Å²) in [7, 11) is 4.63. The van der Waals surface area contributed by atoms with Crippen molar-refractivity contribution in [1.29, 1.82) is 0 Å². The molecule has 2 saturated heterocycles. The Morgan fingerprint density at radius 2 is 1.73 bits per heavy atom. The van der Waals surface area contributed by atoms with Gasteiger partial charge in [0, 0.05) is 55.1 Å². The van der Waals surface area contributed by atoms with Crippen LogP contribution in [0.15, 0.2) is 77.9 Å². The summed E-state index contributed by atoms with van der Waals surface area (Å²) >= 11 is 0. The molecule has 51 heavy (non-hydrogen) atoms. The molecule has 10 nitrogen and oxygen atoms in total. The van der Waals surface area contributed by atoms with E-state index in [4.69, 9.17) is 19.2 Å². The molecule has 2 aliphatic heterocycles. The van der Waals surface area contributed by atoms with E-state index in [1.165, 1.54) is 12.1 Å². The maximum atomic E-state index is 14.1. The number of carbonyl (C=O) groups is 1. The number of hydrogen-bond acceptors (Lipinski definition) is 8. The van der Waals surface area contributed by atoms with Gasteiger partial charge >= 0.3 is 0 Å². The Morgan fingerprint density at radius 1 is 1.02 bits per heavy atom. The van der Waals surface area contributed by atoms with Gasteiger partial charge in [0.1, 0.15) is 5.82 Å². The standard InChI is InChI=1S/C40H49FN6O4/c1-6-19-42-28(2)26-47-34-10-8-7-9-33(34)44-39(47)43-32-15-20-45(21-16-32)22-17-40(30-11-13-31(41)14-12-30)18-23-46(27-40)38(48)29-24-35(49-3)37(51-5)36(25-29)50-4/h6-14,19,24-25,32H,15-18,20-23,26-27H2,1-5H3,(H,43,44)/b19-6-,42-28?. The van der Waals surface area contributed by atoms with E-state index in [-0.39, 0.29) is 17.1 Å². The fourth-order valence-corrected chi connectivity index (χ4v) is 7.49. The number of methoxy groups -OCH3 is 3. The first kappa shape index (κ1) is 35.9. The van der Waals surface area contributed by atoms with Crippen molar-refractivity contribution < 1.29 is 23.4 Å². The topological polar surface area (TPSA) is 93.5 Å². The van der Waals surface area contributed by atoms with Crippen LogP contribution in [0.25, 0.3) is 11.0 Å². The highest BCUT2D eigenvalue weighted by atomic mass is 19.1.